The van der Waals surface area contributed by atoms with Gasteiger partial charge in [-0.05, 0) is 19.4 Å². The first-order valence-corrected chi connectivity index (χ1v) is 7.84. The number of amidine groups is 1. The van der Waals surface area contributed by atoms with Crippen LogP contribution in [-0.4, -0.2) is 16.5 Å². The lowest BCUT2D eigenvalue weighted by Gasteiger charge is -2.28. The normalized spacial score (nSPS) is 16.9. The molecule has 1 aliphatic heterocycles. The highest BCUT2D eigenvalue weighted by atomic mass is 16.6. The summed E-state index contributed by atoms with van der Waals surface area (Å²) in [7, 11) is 0. The number of hydrogen-bond acceptors (Lipinski definition) is 5. The molecule has 1 heterocycles. The number of non-ortho nitro benzene ring substituents is 1. The third-order valence-corrected chi connectivity index (χ3v) is 4.08. The molecule has 6 heteroatoms. The zero-order chi connectivity index (χ0) is 18.0. The summed E-state index contributed by atoms with van der Waals surface area (Å²) in [5, 5.41) is 14.3. The molecule has 25 heavy (non-hydrogen) atoms. The van der Waals surface area contributed by atoms with Gasteiger partial charge in [-0.1, -0.05) is 42.5 Å². The van der Waals surface area contributed by atoms with Crippen LogP contribution in [0.4, 0.5) is 5.69 Å². The van der Waals surface area contributed by atoms with Gasteiger partial charge in [0.2, 0.25) is 0 Å². The Labute approximate surface area is 145 Å². The zero-order valence-corrected chi connectivity index (χ0v) is 13.9. The summed E-state index contributed by atoms with van der Waals surface area (Å²) < 4.78 is 0. The lowest BCUT2D eigenvalue weighted by atomic mass is 9.92. The van der Waals surface area contributed by atoms with Gasteiger partial charge in [0.05, 0.1) is 11.0 Å². The van der Waals surface area contributed by atoms with E-state index in [2.05, 4.69) is 10.3 Å². The second-order valence-electron chi connectivity index (χ2n) is 5.81. The largest absolute Gasteiger partial charge is 0.358 e. The minimum atomic E-state index is -0.481. The number of Topliss-reactive ketones (excluding diaryl/α,β-unsaturated/α-hetero) is 1. The van der Waals surface area contributed by atoms with Gasteiger partial charge in [-0.3, -0.25) is 14.9 Å². The number of rotatable bonds is 4. The Hall–Kier alpha value is -3.28. The van der Waals surface area contributed by atoms with Crippen LogP contribution in [0.25, 0.3) is 0 Å². The van der Waals surface area contributed by atoms with Crippen molar-refractivity contribution in [2.45, 2.75) is 19.9 Å². The highest BCUT2D eigenvalue weighted by molar-refractivity contribution is 6.04. The van der Waals surface area contributed by atoms with Gasteiger partial charge in [0.1, 0.15) is 5.84 Å². The van der Waals surface area contributed by atoms with E-state index in [4.69, 9.17) is 0 Å². The molecule has 1 unspecified atom stereocenters. The van der Waals surface area contributed by atoms with Crippen LogP contribution in [0.5, 0.6) is 0 Å². The number of nitrogens with zero attached hydrogens (tertiary/aromatic N) is 2. The number of allylic oxidation sites excluding steroid dienone is 1. The summed E-state index contributed by atoms with van der Waals surface area (Å²) in [5.74, 6) is 0.525. The molecular weight excluding hydrogens is 318 g/mol. The molecule has 2 aromatic rings. The number of aliphatic imine (C=N–C) groups is 1. The molecule has 1 atom stereocenters. The van der Waals surface area contributed by atoms with E-state index in [9.17, 15) is 14.9 Å². The van der Waals surface area contributed by atoms with Crippen LogP contribution in [0.1, 0.15) is 31.0 Å². The highest BCUT2D eigenvalue weighted by Gasteiger charge is 2.28. The maximum absolute atomic E-state index is 12.2. The molecule has 126 valence electrons. The molecule has 0 amide bonds. The molecule has 2 aromatic carbocycles. The lowest BCUT2D eigenvalue weighted by Crippen LogP contribution is -2.35. The van der Waals surface area contributed by atoms with E-state index in [1.54, 1.807) is 19.1 Å². The van der Waals surface area contributed by atoms with Crippen LogP contribution >= 0.6 is 0 Å². The molecule has 0 radical (unpaired) electrons. The molecule has 0 saturated heterocycles. The van der Waals surface area contributed by atoms with Crippen molar-refractivity contribution in [1.82, 2.24) is 5.32 Å². The number of benzene rings is 2. The fourth-order valence-electron chi connectivity index (χ4n) is 2.95. The highest BCUT2D eigenvalue weighted by Crippen LogP contribution is 2.31. The molecule has 0 bridgehead atoms. The van der Waals surface area contributed by atoms with Crippen LogP contribution in [0.3, 0.4) is 0 Å². The first-order valence-electron chi connectivity index (χ1n) is 7.84. The maximum Gasteiger partial charge on any atom is 0.269 e. The van der Waals surface area contributed by atoms with Crippen molar-refractivity contribution in [2.24, 2.45) is 4.99 Å². The lowest BCUT2D eigenvalue weighted by molar-refractivity contribution is -0.384. The number of carbonyl (C=O) groups excluding carboxylic acids is 1. The predicted octanol–water partition coefficient (Wildman–Crippen LogP) is 3.55. The molecule has 1 N–H and O–H groups in total. The second-order valence-corrected chi connectivity index (χ2v) is 5.81. The first kappa shape index (κ1) is 16.6. The number of carbonyl (C=O) groups is 1. The summed E-state index contributed by atoms with van der Waals surface area (Å²) >= 11 is 0. The average molecular weight is 335 g/mol. The smallest absolute Gasteiger partial charge is 0.269 e. The molecule has 0 spiro atoms. The molecule has 0 fully saturated rings. The van der Waals surface area contributed by atoms with Gasteiger partial charge in [0, 0.05) is 29.0 Å². The van der Waals surface area contributed by atoms with Gasteiger partial charge >= 0.3 is 0 Å². The Kier molecular flexibility index (Phi) is 4.43. The van der Waals surface area contributed by atoms with E-state index in [0.29, 0.717) is 22.7 Å². The van der Waals surface area contributed by atoms with Crippen LogP contribution in [0.15, 0.2) is 70.9 Å². The zero-order valence-electron chi connectivity index (χ0n) is 13.9. The molecule has 0 aromatic heterocycles. The van der Waals surface area contributed by atoms with E-state index in [1.807, 2.05) is 30.3 Å². The van der Waals surface area contributed by atoms with Crippen LogP contribution < -0.4 is 5.32 Å². The van der Waals surface area contributed by atoms with Crippen molar-refractivity contribution < 1.29 is 9.72 Å². The molecule has 6 nitrogen and oxygen atoms in total. The summed E-state index contributed by atoms with van der Waals surface area (Å²) in [4.78, 5) is 27.3. The molecular formula is C19H17N3O3. The monoisotopic (exact) mass is 335 g/mol. The second kappa shape index (κ2) is 6.68. The Morgan fingerprint density at radius 1 is 1.16 bits per heavy atom. The first-order chi connectivity index (χ1) is 12.0. The Morgan fingerprint density at radius 2 is 1.88 bits per heavy atom. The van der Waals surface area contributed by atoms with Gasteiger partial charge < -0.3 is 5.32 Å². The van der Waals surface area contributed by atoms with Crippen LogP contribution in [0, 0.1) is 10.1 Å². The number of nitro groups is 1. The number of ketones is 1. The quantitative estimate of drug-likeness (QED) is 0.684. The maximum atomic E-state index is 12.2. The van der Waals surface area contributed by atoms with Crippen molar-refractivity contribution in [3.63, 3.8) is 0 Å². The van der Waals surface area contributed by atoms with Gasteiger partial charge in [0.25, 0.3) is 5.69 Å². The molecule has 3 rings (SSSR count). The van der Waals surface area contributed by atoms with E-state index < -0.39 is 11.0 Å². The minimum absolute atomic E-state index is 0.0105. The summed E-state index contributed by atoms with van der Waals surface area (Å²) in [5.41, 5.74) is 2.66. The van der Waals surface area contributed by atoms with Gasteiger partial charge in [-0.2, -0.15) is 0 Å². The molecule has 1 aliphatic rings. The third-order valence-electron chi connectivity index (χ3n) is 4.08. The SMILES string of the molecule is CC(=O)C1=C(C)N=C(c2ccccc2)NC1c1cccc([N+](=O)[O-])c1. The van der Waals surface area contributed by atoms with Crippen LogP contribution in [0.2, 0.25) is 0 Å². The van der Waals surface area contributed by atoms with Crippen LogP contribution in [-0.2, 0) is 4.79 Å². The Morgan fingerprint density at radius 3 is 2.52 bits per heavy atom. The van der Waals surface area contributed by atoms with Crippen molar-refractivity contribution in [3.8, 4) is 0 Å². The fourth-order valence-corrected chi connectivity index (χ4v) is 2.95. The predicted molar refractivity (Wildman–Crippen MR) is 95.3 cm³/mol. The van der Waals surface area contributed by atoms with Crippen molar-refractivity contribution in [2.75, 3.05) is 0 Å². The summed E-state index contributed by atoms with van der Waals surface area (Å²) in [6.45, 7) is 3.26. The van der Waals surface area contributed by atoms with E-state index in [-0.39, 0.29) is 11.5 Å². The summed E-state index contributed by atoms with van der Waals surface area (Å²) in [6, 6.07) is 15.4. The number of nitro benzene ring substituents is 1. The van der Waals surface area contributed by atoms with Crippen molar-refractivity contribution in [3.05, 3.63) is 87.1 Å². The molecule has 0 saturated carbocycles. The fraction of sp³-hybridized carbons (Fsp3) is 0.158. The van der Waals surface area contributed by atoms with Crippen molar-refractivity contribution >= 4 is 17.3 Å². The standard InChI is InChI=1S/C19H17N3O3/c1-12-17(13(2)23)18(15-9-6-10-16(11-15)22(24)25)21-19(20-12)14-7-4-3-5-8-14/h3-11,18H,1-2H3,(H,20,21). The third kappa shape index (κ3) is 3.33. The Balaban J connectivity index is 2.09. The van der Waals surface area contributed by atoms with Gasteiger partial charge in [-0.15, -0.1) is 0 Å². The van der Waals surface area contributed by atoms with E-state index >= 15 is 0 Å². The topological polar surface area (TPSA) is 84.6 Å². The van der Waals surface area contributed by atoms with E-state index in [0.717, 1.165) is 5.56 Å². The molecule has 0 aliphatic carbocycles. The number of hydrogen-bond donors (Lipinski definition) is 1. The van der Waals surface area contributed by atoms with Crippen molar-refractivity contribution in [1.29, 1.82) is 0 Å². The Bertz CT molecular complexity index is 901. The van der Waals surface area contributed by atoms with E-state index in [1.165, 1.54) is 19.1 Å². The number of nitrogens with one attached hydrogen (secondary N) is 1. The minimum Gasteiger partial charge on any atom is -0.358 e. The van der Waals surface area contributed by atoms with Gasteiger partial charge in [-0.25, -0.2) is 4.99 Å². The van der Waals surface area contributed by atoms with Gasteiger partial charge in [0.15, 0.2) is 5.78 Å². The summed E-state index contributed by atoms with van der Waals surface area (Å²) in [6.07, 6.45) is 0. The average Bonchev–Trinajstić information content (AvgIpc) is 2.61.